The molecular formula is C13H17F3N2O3S. The Labute approximate surface area is 127 Å². The first-order valence-electron chi connectivity index (χ1n) is 6.49. The SMILES string of the molecule is CCNS(=O)(=O)c1cccc(C(=O)N(C)CCC(F)(F)F)c1. The monoisotopic (exact) mass is 338 g/mol. The van der Waals surface area contributed by atoms with Crippen LogP contribution in [0.25, 0.3) is 0 Å². The molecule has 1 N–H and O–H groups in total. The van der Waals surface area contributed by atoms with E-state index in [1.54, 1.807) is 6.92 Å². The number of hydrogen-bond acceptors (Lipinski definition) is 3. The van der Waals surface area contributed by atoms with Crippen molar-refractivity contribution in [2.24, 2.45) is 0 Å². The fraction of sp³-hybridized carbons (Fsp3) is 0.462. The van der Waals surface area contributed by atoms with Gasteiger partial charge in [-0.2, -0.15) is 13.2 Å². The smallest absolute Gasteiger partial charge is 0.341 e. The van der Waals surface area contributed by atoms with E-state index in [-0.39, 0.29) is 17.0 Å². The number of sulfonamides is 1. The van der Waals surface area contributed by atoms with Gasteiger partial charge in [0.1, 0.15) is 0 Å². The third kappa shape index (κ3) is 5.30. The first-order chi connectivity index (χ1) is 10.1. The van der Waals surface area contributed by atoms with E-state index in [1.807, 2.05) is 0 Å². The maximum absolute atomic E-state index is 12.2. The summed E-state index contributed by atoms with van der Waals surface area (Å²) in [7, 11) is -2.49. The molecular weight excluding hydrogens is 321 g/mol. The molecule has 0 unspecified atom stereocenters. The van der Waals surface area contributed by atoms with Crippen LogP contribution >= 0.6 is 0 Å². The van der Waals surface area contributed by atoms with Crippen molar-refractivity contribution in [1.82, 2.24) is 9.62 Å². The zero-order chi connectivity index (χ0) is 17.0. The van der Waals surface area contributed by atoms with Crippen LogP contribution in [0, 0.1) is 0 Å². The van der Waals surface area contributed by atoms with Crippen LogP contribution in [-0.4, -0.2) is 45.5 Å². The zero-order valence-electron chi connectivity index (χ0n) is 12.1. The normalized spacial score (nSPS) is 12.2. The molecule has 9 heteroatoms. The van der Waals surface area contributed by atoms with Crippen LogP contribution in [0.1, 0.15) is 23.7 Å². The number of carbonyl (C=O) groups excluding carboxylic acids is 1. The third-order valence-electron chi connectivity index (χ3n) is 2.80. The van der Waals surface area contributed by atoms with Crippen molar-refractivity contribution in [3.05, 3.63) is 29.8 Å². The molecule has 0 heterocycles. The summed E-state index contributed by atoms with van der Waals surface area (Å²) in [6, 6.07) is 5.18. The van der Waals surface area contributed by atoms with Crippen molar-refractivity contribution >= 4 is 15.9 Å². The molecule has 0 aliphatic carbocycles. The van der Waals surface area contributed by atoms with Crippen LogP contribution in [0.3, 0.4) is 0 Å². The fourth-order valence-electron chi connectivity index (χ4n) is 1.69. The van der Waals surface area contributed by atoms with Crippen LogP contribution in [0.15, 0.2) is 29.2 Å². The van der Waals surface area contributed by atoms with Crippen molar-refractivity contribution in [2.75, 3.05) is 20.1 Å². The Morgan fingerprint density at radius 1 is 1.32 bits per heavy atom. The molecule has 0 aromatic heterocycles. The number of alkyl halides is 3. The summed E-state index contributed by atoms with van der Waals surface area (Å²) in [6.45, 7) is 1.30. The van der Waals surface area contributed by atoms with Gasteiger partial charge in [0.15, 0.2) is 0 Å². The van der Waals surface area contributed by atoms with E-state index in [9.17, 15) is 26.4 Å². The average Bonchev–Trinajstić information content (AvgIpc) is 2.43. The van der Waals surface area contributed by atoms with Crippen molar-refractivity contribution in [1.29, 1.82) is 0 Å². The minimum atomic E-state index is -4.36. The maximum Gasteiger partial charge on any atom is 0.390 e. The molecule has 22 heavy (non-hydrogen) atoms. The number of halogens is 3. The van der Waals surface area contributed by atoms with E-state index < -0.39 is 35.1 Å². The van der Waals surface area contributed by atoms with Gasteiger partial charge in [-0.15, -0.1) is 0 Å². The summed E-state index contributed by atoms with van der Waals surface area (Å²) in [4.78, 5) is 12.8. The van der Waals surface area contributed by atoms with E-state index in [0.29, 0.717) is 0 Å². The molecule has 5 nitrogen and oxygen atoms in total. The summed E-state index contributed by atoms with van der Waals surface area (Å²) in [6.07, 6.45) is -5.48. The number of hydrogen-bond donors (Lipinski definition) is 1. The van der Waals surface area contributed by atoms with Gasteiger partial charge >= 0.3 is 6.18 Å². The van der Waals surface area contributed by atoms with Crippen molar-refractivity contribution in [2.45, 2.75) is 24.4 Å². The van der Waals surface area contributed by atoms with Gasteiger partial charge in [0.05, 0.1) is 11.3 Å². The highest BCUT2D eigenvalue weighted by molar-refractivity contribution is 7.89. The van der Waals surface area contributed by atoms with E-state index in [2.05, 4.69) is 4.72 Å². The highest BCUT2D eigenvalue weighted by atomic mass is 32.2. The molecule has 0 radical (unpaired) electrons. The van der Waals surface area contributed by atoms with Gasteiger partial charge in [-0.3, -0.25) is 4.79 Å². The molecule has 1 rings (SSSR count). The third-order valence-corrected chi connectivity index (χ3v) is 4.35. The lowest BCUT2D eigenvalue weighted by atomic mass is 10.2. The summed E-state index contributed by atoms with van der Waals surface area (Å²) in [5.41, 5.74) is 0.0173. The molecule has 0 saturated heterocycles. The Balaban J connectivity index is 2.91. The minimum Gasteiger partial charge on any atom is -0.341 e. The molecule has 0 aliphatic heterocycles. The number of amides is 1. The van der Waals surface area contributed by atoms with E-state index in [4.69, 9.17) is 0 Å². The number of nitrogens with one attached hydrogen (secondary N) is 1. The topological polar surface area (TPSA) is 66.5 Å². The molecule has 1 aromatic rings. The number of benzene rings is 1. The Bertz CT molecular complexity index is 630. The average molecular weight is 338 g/mol. The first kappa shape index (κ1) is 18.4. The Kier molecular flexibility index (Phi) is 5.95. The first-order valence-corrected chi connectivity index (χ1v) is 7.97. The zero-order valence-corrected chi connectivity index (χ0v) is 13.0. The second-order valence-corrected chi connectivity index (χ2v) is 6.39. The van der Waals surface area contributed by atoms with Gasteiger partial charge < -0.3 is 4.90 Å². The maximum atomic E-state index is 12.2. The Hall–Kier alpha value is -1.61. The van der Waals surface area contributed by atoms with Crippen LogP contribution < -0.4 is 4.72 Å². The van der Waals surface area contributed by atoms with Gasteiger partial charge in [0.2, 0.25) is 10.0 Å². The van der Waals surface area contributed by atoms with Crippen molar-refractivity contribution < 1.29 is 26.4 Å². The lowest BCUT2D eigenvalue weighted by Crippen LogP contribution is -2.31. The molecule has 0 atom stereocenters. The molecule has 0 saturated carbocycles. The Morgan fingerprint density at radius 3 is 2.50 bits per heavy atom. The molecule has 0 aliphatic rings. The second kappa shape index (κ2) is 7.10. The molecule has 124 valence electrons. The van der Waals surface area contributed by atoms with Crippen LogP contribution in [-0.2, 0) is 10.0 Å². The Morgan fingerprint density at radius 2 is 1.95 bits per heavy atom. The molecule has 1 amide bonds. The number of rotatable bonds is 6. The van der Waals surface area contributed by atoms with Gasteiger partial charge in [0, 0.05) is 25.7 Å². The molecule has 1 aromatic carbocycles. The molecule has 0 fully saturated rings. The van der Waals surface area contributed by atoms with E-state index in [1.165, 1.54) is 25.2 Å². The van der Waals surface area contributed by atoms with Crippen LogP contribution in [0.4, 0.5) is 13.2 Å². The van der Waals surface area contributed by atoms with Gasteiger partial charge in [-0.1, -0.05) is 13.0 Å². The van der Waals surface area contributed by atoms with Crippen molar-refractivity contribution in [3.63, 3.8) is 0 Å². The van der Waals surface area contributed by atoms with Crippen LogP contribution in [0.5, 0.6) is 0 Å². The predicted molar refractivity (Wildman–Crippen MR) is 74.9 cm³/mol. The largest absolute Gasteiger partial charge is 0.390 e. The van der Waals surface area contributed by atoms with Gasteiger partial charge in [-0.25, -0.2) is 13.1 Å². The standard InChI is InChI=1S/C13H17F3N2O3S/c1-3-17-22(20,21)11-6-4-5-10(9-11)12(19)18(2)8-7-13(14,15)16/h4-6,9,17H,3,7-8H2,1-2H3. The van der Waals surface area contributed by atoms with Gasteiger partial charge in [-0.05, 0) is 18.2 Å². The van der Waals surface area contributed by atoms with E-state index in [0.717, 1.165) is 11.0 Å². The van der Waals surface area contributed by atoms with E-state index >= 15 is 0 Å². The summed E-state index contributed by atoms with van der Waals surface area (Å²) in [5.74, 6) is -0.669. The summed E-state index contributed by atoms with van der Waals surface area (Å²) >= 11 is 0. The van der Waals surface area contributed by atoms with Gasteiger partial charge in [0.25, 0.3) is 5.91 Å². The fourth-order valence-corrected chi connectivity index (χ4v) is 2.77. The highest BCUT2D eigenvalue weighted by Crippen LogP contribution is 2.20. The highest BCUT2D eigenvalue weighted by Gasteiger charge is 2.28. The van der Waals surface area contributed by atoms with Crippen LogP contribution in [0.2, 0.25) is 0 Å². The number of carbonyl (C=O) groups is 1. The van der Waals surface area contributed by atoms with Crippen molar-refractivity contribution in [3.8, 4) is 0 Å². The number of nitrogens with zero attached hydrogens (tertiary/aromatic N) is 1. The minimum absolute atomic E-state index is 0.0173. The quantitative estimate of drug-likeness (QED) is 0.863. The second-order valence-electron chi connectivity index (χ2n) is 4.62. The predicted octanol–water partition coefficient (Wildman–Crippen LogP) is 2.01. The lowest BCUT2D eigenvalue weighted by Gasteiger charge is -2.18. The molecule has 0 spiro atoms. The summed E-state index contributed by atoms with van der Waals surface area (Å²) < 4.78 is 62.5. The summed E-state index contributed by atoms with van der Waals surface area (Å²) in [5, 5.41) is 0. The molecule has 0 bridgehead atoms. The lowest BCUT2D eigenvalue weighted by molar-refractivity contribution is -0.136.